The van der Waals surface area contributed by atoms with E-state index < -0.39 is 5.97 Å². The highest BCUT2D eigenvalue weighted by Gasteiger charge is 2.17. The molecule has 1 N–H and O–H groups in total. The van der Waals surface area contributed by atoms with Crippen LogP contribution in [0.15, 0.2) is 6.07 Å². The van der Waals surface area contributed by atoms with Gasteiger partial charge in [-0.05, 0) is 25.8 Å². The number of aryl methyl sites for hydroxylation is 1. The molecular weight excluding hydrogens is 218 g/mol. The Kier molecular flexibility index (Phi) is 4.87. The number of rotatable bonds is 2. The van der Waals surface area contributed by atoms with E-state index in [4.69, 9.17) is 5.11 Å². The molecule has 2 rings (SSSR count). The maximum atomic E-state index is 10.8. The van der Waals surface area contributed by atoms with Gasteiger partial charge in [0.2, 0.25) is 5.95 Å². The zero-order chi connectivity index (χ0) is 12.8. The van der Waals surface area contributed by atoms with Crippen molar-refractivity contribution in [3.8, 4) is 0 Å². The lowest BCUT2D eigenvalue weighted by Crippen LogP contribution is -2.22. The van der Waals surface area contributed by atoms with Gasteiger partial charge >= 0.3 is 5.97 Å². The summed E-state index contributed by atoms with van der Waals surface area (Å²) in [5.41, 5.74) is 0.772. The predicted octanol–water partition coefficient (Wildman–Crippen LogP) is 2.11. The number of carbonyl (C=O) groups is 1. The average Bonchev–Trinajstić information content (AvgIpc) is 2.84. The Morgan fingerprint density at radius 3 is 2.41 bits per heavy atom. The Balaban J connectivity index is 0.000000686. The van der Waals surface area contributed by atoms with Gasteiger partial charge in [0.1, 0.15) is 0 Å². The highest BCUT2D eigenvalue weighted by atomic mass is 16.4. The minimum absolute atomic E-state index is 0.0735. The normalized spacial score (nSPS) is 14.2. The van der Waals surface area contributed by atoms with Crippen molar-refractivity contribution < 1.29 is 9.90 Å². The molecular formula is C12H19N3O2. The third kappa shape index (κ3) is 3.41. The Hall–Kier alpha value is -1.65. The van der Waals surface area contributed by atoms with Crippen molar-refractivity contribution >= 4 is 11.9 Å². The molecule has 5 nitrogen and oxygen atoms in total. The Morgan fingerprint density at radius 2 is 1.88 bits per heavy atom. The summed E-state index contributed by atoms with van der Waals surface area (Å²) in [6.07, 6.45) is 2.25. The van der Waals surface area contributed by atoms with Crippen molar-refractivity contribution in [1.82, 2.24) is 9.97 Å². The van der Waals surface area contributed by atoms with E-state index in [1.165, 1.54) is 6.07 Å². The minimum Gasteiger partial charge on any atom is -0.477 e. The van der Waals surface area contributed by atoms with Crippen molar-refractivity contribution in [3.05, 3.63) is 17.5 Å². The van der Waals surface area contributed by atoms with Crippen molar-refractivity contribution in [2.75, 3.05) is 18.0 Å². The molecule has 0 aliphatic carbocycles. The second-order valence-electron chi connectivity index (χ2n) is 3.69. The van der Waals surface area contributed by atoms with Crippen molar-refractivity contribution in [2.45, 2.75) is 33.6 Å². The summed E-state index contributed by atoms with van der Waals surface area (Å²) in [5, 5.41) is 8.87. The summed E-state index contributed by atoms with van der Waals surface area (Å²) >= 11 is 0. The molecule has 0 unspecified atom stereocenters. The first-order valence-corrected chi connectivity index (χ1v) is 6.01. The summed E-state index contributed by atoms with van der Waals surface area (Å²) in [6.45, 7) is 7.62. The molecule has 0 amide bonds. The van der Waals surface area contributed by atoms with Gasteiger partial charge in [-0.3, -0.25) is 0 Å². The third-order valence-corrected chi connectivity index (χ3v) is 2.45. The van der Waals surface area contributed by atoms with Gasteiger partial charge in [0.05, 0.1) is 0 Å². The summed E-state index contributed by atoms with van der Waals surface area (Å²) in [6, 6.07) is 1.49. The van der Waals surface area contributed by atoms with Crippen LogP contribution in [0.2, 0.25) is 0 Å². The summed E-state index contributed by atoms with van der Waals surface area (Å²) in [4.78, 5) is 21.1. The maximum Gasteiger partial charge on any atom is 0.354 e. The lowest BCUT2D eigenvalue weighted by molar-refractivity contribution is 0.0690. The van der Waals surface area contributed by atoms with Crippen LogP contribution in [0.3, 0.4) is 0 Å². The molecule has 1 aliphatic rings. The number of aromatic carboxylic acids is 1. The number of hydrogen-bond acceptors (Lipinski definition) is 4. The first kappa shape index (κ1) is 13.4. The standard InChI is InChI=1S/C10H13N3O2.C2H6/c1-7-6-8(9(14)15)12-10(11-7)13-4-2-3-5-13;1-2/h6H,2-5H2,1H3,(H,14,15);1-2H3. The summed E-state index contributed by atoms with van der Waals surface area (Å²) < 4.78 is 0. The van der Waals surface area contributed by atoms with Crippen molar-refractivity contribution in [1.29, 1.82) is 0 Å². The van der Waals surface area contributed by atoms with Crippen LogP contribution in [0, 0.1) is 6.92 Å². The van der Waals surface area contributed by atoms with Gasteiger partial charge in [0.25, 0.3) is 0 Å². The molecule has 0 saturated carbocycles. The van der Waals surface area contributed by atoms with Gasteiger partial charge in [0, 0.05) is 18.8 Å². The lowest BCUT2D eigenvalue weighted by Gasteiger charge is -2.15. The zero-order valence-corrected chi connectivity index (χ0v) is 10.6. The van der Waals surface area contributed by atoms with E-state index in [0.29, 0.717) is 11.6 Å². The van der Waals surface area contributed by atoms with Gasteiger partial charge < -0.3 is 10.0 Å². The molecule has 2 heterocycles. The Bertz CT molecular complexity index is 387. The van der Waals surface area contributed by atoms with Crippen LogP contribution in [0.1, 0.15) is 42.9 Å². The van der Waals surface area contributed by atoms with Crippen molar-refractivity contribution in [2.24, 2.45) is 0 Å². The largest absolute Gasteiger partial charge is 0.477 e. The Morgan fingerprint density at radius 1 is 1.29 bits per heavy atom. The van der Waals surface area contributed by atoms with Crippen LogP contribution in [-0.2, 0) is 0 Å². The molecule has 0 spiro atoms. The molecule has 5 heteroatoms. The molecule has 1 aliphatic heterocycles. The second-order valence-corrected chi connectivity index (χ2v) is 3.69. The van der Waals surface area contributed by atoms with Gasteiger partial charge in [0.15, 0.2) is 5.69 Å². The summed E-state index contributed by atoms with van der Waals surface area (Å²) in [5.74, 6) is -0.453. The highest BCUT2D eigenvalue weighted by Crippen LogP contribution is 2.16. The van der Waals surface area contributed by atoms with Crippen LogP contribution in [-0.4, -0.2) is 34.1 Å². The van der Waals surface area contributed by atoms with Crippen molar-refractivity contribution in [3.63, 3.8) is 0 Å². The molecule has 17 heavy (non-hydrogen) atoms. The van der Waals surface area contributed by atoms with E-state index in [1.54, 1.807) is 6.92 Å². The van der Waals surface area contributed by atoms with E-state index >= 15 is 0 Å². The second kappa shape index (κ2) is 6.18. The first-order chi connectivity index (χ1) is 8.16. The fraction of sp³-hybridized carbons (Fsp3) is 0.583. The van der Waals surface area contributed by atoms with Gasteiger partial charge in [-0.2, -0.15) is 0 Å². The van der Waals surface area contributed by atoms with Crippen LogP contribution < -0.4 is 4.90 Å². The third-order valence-electron chi connectivity index (χ3n) is 2.45. The van der Waals surface area contributed by atoms with E-state index in [9.17, 15) is 4.79 Å². The van der Waals surface area contributed by atoms with E-state index in [-0.39, 0.29) is 5.69 Å². The van der Waals surface area contributed by atoms with E-state index in [2.05, 4.69) is 9.97 Å². The van der Waals surface area contributed by atoms with E-state index in [1.807, 2.05) is 18.7 Å². The van der Waals surface area contributed by atoms with Crippen LogP contribution in [0.5, 0.6) is 0 Å². The van der Waals surface area contributed by atoms with Crippen LogP contribution in [0.25, 0.3) is 0 Å². The SMILES string of the molecule is CC.Cc1cc(C(=O)O)nc(N2CCCC2)n1. The fourth-order valence-electron chi connectivity index (χ4n) is 1.72. The fourth-order valence-corrected chi connectivity index (χ4v) is 1.72. The number of carboxylic acid groups (broad SMARTS) is 1. The lowest BCUT2D eigenvalue weighted by atomic mass is 10.3. The number of anilines is 1. The molecule has 0 bridgehead atoms. The monoisotopic (exact) mass is 237 g/mol. The molecule has 94 valence electrons. The number of carboxylic acids is 1. The number of hydrogen-bond donors (Lipinski definition) is 1. The highest BCUT2D eigenvalue weighted by molar-refractivity contribution is 5.85. The van der Waals surface area contributed by atoms with Crippen LogP contribution >= 0.6 is 0 Å². The molecule has 1 aromatic heterocycles. The summed E-state index contributed by atoms with van der Waals surface area (Å²) in [7, 11) is 0. The Labute approximate surface area is 102 Å². The average molecular weight is 237 g/mol. The molecule has 1 fully saturated rings. The molecule has 0 atom stereocenters. The van der Waals surface area contributed by atoms with Gasteiger partial charge in [-0.25, -0.2) is 14.8 Å². The van der Waals surface area contributed by atoms with E-state index in [0.717, 1.165) is 25.9 Å². The quantitative estimate of drug-likeness (QED) is 0.853. The number of nitrogens with zero attached hydrogens (tertiary/aromatic N) is 3. The van der Waals surface area contributed by atoms with Gasteiger partial charge in [-0.1, -0.05) is 13.8 Å². The zero-order valence-electron chi connectivity index (χ0n) is 10.6. The first-order valence-electron chi connectivity index (χ1n) is 6.01. The van der Waals surface area contributed by atoms with Crippen LogP contribution in [0.4, 0.5) is 5.95 Å². The molecule has 0 aromatic carbocycles. The molecule has 1 saturated heterocycles. The smallest absolute Gasteiger partial charge is 0.354 e. The molecule has 1 aromatic rings. The number of aromatic nitrogens is 2. The molecule has 0 radical (unpaired) electrons. The van der Waals surface area contributed by atoms with Gasteiger partial charge in [-0.15, -0.1) is 0 Å². The predicted molar refractivity (Wildman–Crippen MR) is 66.5 cm³/mol. The maximum absolute atomic E-state index is 10.8. The topological polar surface area (TPSA) is 66.3 Å². The minimum atomic E-state index is -0.999.